The Morgan fingerprint density at radius 1 is 1.35 bits per heavy atom. The maximum Gasteiger partial charge on any atom is 0.254 e. The number of aryl methyl sites for hydroxylation is 1. The summed E-state index contributed by atoms with van der Waals surface area (Å²) in [6.07, 6.45) is 0.840. The molecule has 17 heavy (non-hydrogen) atoms. The summed E-state index contributed by atoms with van der Waals surface area (Å²) in [6.45, 7) is 4.90. The van der Waals surface area contributed by atoms with E-state index in [-0.39, 0.29) is 5.91 Å². The van der Waals surface area contributed by atoms with Crippen molar-refractivity contribution in [2.24, 2.45) is 5.73 Å². The van der Waals surface area contributed by atoms with E-state index in [1.165, 1.54) is 0 Å². The van der Waals surface area contributed by atoms with Crippen molar-refractivity contribution in [1.82, 2.24) is 4.90 Å². The summed E-state index contributed by atoms with van der Waals surface area (Å²) < 4.78 is 0. The Labute approximate surface area is 108 Å². The molecule has 1 rings (SSSR count). The van der Waals surface area contributed by atoms with Gasteiger partial charge in [0.15, 0.2) is 0 Å². The number of nitrogens with zero attached hydrogens (tertiary/aromatic N) is 1. The van der Waals surface area contributed by atoms with Gasteiger partial charge in [0, 0.05) is 12.1 Å². The van der Waals surface area contributed by atoms with E-state index in [4.69, 9.17) is 18.0 Å². The molecule has 0 saturated heterocycles. The lowest BCUT2D eigenvalue weighted by atomic mass is 10.0. The molecular weight excluding hydrogens is 232 g/mol. The van der Waals surface area contributed by atoms with E-state index in [1.807, 2.05) is 38.1 Å². The molecule has 92 valence electrons. The minimum atomic E-state index is -0.00208. The minimum absolute atomic E-state index is 0.00208. The molecule has 0 aliphatic carbocycles. The summed E-state index contributed by atoms with van der Waals surface area (Å²) in [5.41, 5.74) is 7.29. The van der Waals surface area contributed by atoms with Crippen molar-refractivity contribution < 1.29 is 4.79 Å². The van der Waals surface area contributed by atoms with Gasteiger partial charge in [0.2, 0.25) is 0 Å². The lowest BCUT2D eigenvalue weighted by molar-refractivity contribution is 0.0787. The quantitative estimate of drug-likeness (QED) is 0.813. The average Bonchev–Trinajstić information content (AvgIpc) is 2.34. The number of likely N-dealkylation sites (N-methyl/N-ethyl adjacent to an activating group) is 1. The Morgan fingerprint density at radius 2 is 2.00 bits per heavy atom. The van der Waals surface area contributed by atoms with Crippen LogP contribution in [0.4, 0.5) is 0 Å². The number of nitrogens with two attached hydrogens (primary N) is 1. The Kier molecular flexibility index (Phi) is 5.10. The number of hydrogen-bond donors (Lipinski definition) is 1. The lowest BCUT2D eigenvalue weighted by Crippen LogP contribution is -2.37. The van der Waals surface area contributed by atoms with Crippen LogP contribution in [0, 0.1) is 0 Å². The van der Waals surface area contributed by atoms with Gasteiger partial charge in [0.25, 0.3) is 5.91 Å². The van der Waals surface area contributed by atoms with Crippen LogP contribution in [0.2, 0.25) is 0 Å². The molecule has 4 heteroatoms. The van der Waals surface area contributed by atoms with E-state index < -0.39 is 0 Å². The molecule has 1 amide bonds. The first kappa shape index (κ1) is 13.6. The standard InChI is InChI=1S/C13H18N2OS/c1-3-10-7-5-6-8-11(10)13(16)15(4-2)9-12(14)17/h5-8H,3-4,9H2,1-2H3,(H2,14,17). The molecular formula is C13H18N2OS. The van der Waals surface area contributed by atoms with Gasteiger partial charge in [0.1, 0.15) is 0 Å². The Morgan fingerprint density at radius 3 is 2.53 bits per heavy atom. The first-order valence-electron chi connectivity index (χ1n) is 5.75. The Balaban J connectivity index is 2.97. The van der Waals surface area contributed by atoms with E-state index in [2.05, 4.69) is 0 Å². The van der Waals surface area contributed by atoms with Gasteiger partial charge in [-0.15, -0.1) is 0 Å². The van der Waals surface area contributed by atoms with Crippen LogP contribution >= 0.6 is 12.2 Å². The van der Waals surface area contributed by atoms with E-state index in [9.17, 15) is 4.79 Å². The first-order valence-corrected chi connectivity index (χ1v) is 6.16. The molecule has 1 aromatic rings. The molecule has 0 fully saturated rings. The summed E-state index contributed by atoms with van der Waals surface area (Å²) in [4.78, 5) is 14.3. The zero-order valence-electron chi connectivity index (χ0n) is 10.3. The fourth-order valence-electron chi connectivity index (χ4n) is 1.72. The van der Waals surface area contributed by atoms with Gasteiger partial charge in [-0.1, -0.05) is 37.3 Å². The molecule has 0 unspecified atom stereocenters. The molecule has 0 saturated carbocycles. The van der Waals surface area contributed by atoms with Crippen molar-refractivity contribution >= 4 is 23.1 Å². The predicted molar refractivity (Wildman–Crippen MR) is 74.2 cm³/mol. The van der Waals surface area contributed by atoms with Crippen molar-refractivity contribution in [3.63, 3.8) is 0 Å². The molecule has 0 atom stereocenters. The van der Waals surface area contributed by atoms with Crippen molar-refractivity contribution in [3.05, 3.63) is 35.4 Å². The van der Waals surface area contributed by atoms with Crippen LogP contribution in [0.1, 0.15) is 29.8 Å². The maximum absolute atomic E-state index is 12.3. The smallest absolute Gasteiger partial charge is 0.254 e. The van der Waals surface area contributed by atoms with Crippen molar-refractivity contribution in [2.75, 3.05) is 13.1 Å². The lowest BCUT2D eigenvalue weighted by Gasteiger charge is -2.21. The highest BCUT2D eigenvalue weighted by molar-refractivity contribution is 7.80. The van der Waals surface area contributed by atoms with Crippen molar-refractivity contribution in [1.29, 1.82) is 0 Å². The molecule has 0 spiro atoms. The molecule has 0 aromatic heterocycles. The number of amides is 1. The van der Waals surface area contributed by atoms with E-state index in [0.29, 0.717) is 18.1 Å². The number of carbonyl (C=O) groups is 1. The fraction of sp³-hybridized carbons (Fsp3) is 0.385. The molecule has 0 aliphatic rings. The van der Waals surface area contributed by atoms with Crippen molar-refractivity contribution in [3.8, 4) is 0 Å². The highest BCUT2D eigenvalue weighted by atomic mass is 32.1. The van der Waals surface area contributed by atoms with Gasteiger partial charge < -0.3 is 10.6 Å². The average molecular weight is 250 g/mol. The molecule has 0 bridgehead atoms. The van der Waals surface area contributed by atoms with Crippen LogP contribution in [0.15, 0.2) is 24.3 Å². The molecule has 0 radical (unpaired) electrons. The molecule has 2 N–H and O–H groups in total. The Bertz CT molecular complexity index is 418. The minimum Gasteiger partial charge on any atom is -0.392 e. The summed E-state index contributed by atoms with van der Waals surface area (Å²) in [7, 11) is 0. The number of thiocarbonyl (C=S) groups is 1. The largest absolute Gasteiger partial charge is 0.392 e. The number of benzene rings is 1. The fourth-order valence-corrected chi connectivity index (χ4v) is 1.88. The summed E-state index contributed by atoms with van der Waals surface area (Å²) in [5, 5.41) is 0. The second kappa shape index (κ2) is 6.35. The van der Waals surface area contributed by atoms with Gasteiger partial charge in [0.05, 0.1) is 11.5 Å². The third kappa shape index (κ3) is 3.53. The van der Waals surface area contributed by atoms with E-state index >= 15 is 0 Å². The highest BCUT2D eigenvalue weighted by Crippen LogP contribution is 2.12. The van der Waals surface area contributed by atoms with Gasteiger partial charge in [-0.3, -0.25) is 4.79 Å². The second-order valence-corrected chi connectivity index (χ2v) is 4.32. The third-order valence-corrected chi connectivity index (χ3v) is 2.77. The SMILES string of the molecule is CCc1ccccc1C(=O)N(CC)CC(N)=S. The number of rotatable bonds is 5. The normalized spacial score (nSPS) is 10.0. The van der Waals surface area contributed by atoms with Gasteiger partial charge in [-0.25, -0.2) is 0 Å². The molecule has 1 aromatic carbocycles. The summed E-state index contributed by atoms with van der Waals surface area (Å²) in [5.74, 6) is -0.00208. The van der Waals surface area contributed by atoms with Gasteiger partial charge in [-0.05, 0) is 25.0 Å². The molecule has 0 heterocycles. The summed E-state index contributed by atoms with van der Waals surface area (Å²) in [6, 6.07) is 7.64. The van der Waals surface area contributed by atoms with E-state index in [1.54, 1.807) is 4.90 Å². The maximum atomic E-state index is 12.3. The van der Waals surface area contributed by atoms with Crippen LogP contribution < -0.4 is 5.73 Å². The molecule has 0 aliphatic heterocycles. The monoisotopic (exact) mass is 250 g/mol. The van der Waals surface area contributed by atoms with Gasteiger partial charge in [-0.2, -0.15) is 0 Å². The second-order valence-electron chi connectivity index (χ2n) is 3.80. The zero-order valence-corrected chi connectivity index (χ0v) is 11.1. The zero-order chi connectivity index (χ0) is 12.8. The predicted octanol–water partition coefficient (Wildman–Crippen LogP) is 2.00. The van der Waals surface area contributed by atoms with Crippen LogP contribution in [0.3, 0.4) is 0 Å². The first-order chi connectivity index (χ1) is 8.10. The van der Waals surface area contributed by atoms with Gasteiger partial charge >= 0.3 is 0 Å². The highest BCUT2D eigenvalue weighted by Gasteiger charge is 2.16. The summed E-state index contributed by atoms with van der Waals surface area (Å²) >= 11 is 4.85. The van der Waals surface area contributed by atoms with E-state index in [0.717, 1.165) is 17.5 Å². The Hall–Kier alpha value is -1.42. The molecule has 3 nitrogen and oxygen atoms in total. The number of hydrogen-bond acceptors (Lipinski definition) is 2. The van der Waals surface area contributed by atoms with Crippen molar-refractivity contribution in [2.45, 2.75) is 20.3 Å². The van der Waals surface area contributed by atoms with Crippen LogP contribution in [-0.4, -0.2) is 28.9 Å². The van der Waals surface area contributed by atoms with Crippen LogP contribution in [-0.2, 0) is 6.42 Å². The topological polar surface area (TPSA) is 46.3 Å². The van der Waals surface area contributed by atoms with Crippen LogP contribution in [0.25, 0.3) is 0 Å². The van der Waals surface area contributed by atoms with Crippen LogP contribution in [0.5, 0.6) is 0 Å². The number of carbonyl (C=O) groups excluding carboxylic acids is 1. The third-order valence-electron chi connectivity index (χ3n) is 2.64.